The fourth-order valence-corrected chi connectivity index (χ4v) is 2.66. The lowest BCUT2D eigenvalue weighted by Gasteiger charge is -2.34. The summed E-state index contributed by atoms with van der Waals surface area (Å²) in [5.74, 6) is 0.732. The van der Waals surface area contributed by atoms with Crippen molar-refractivity contribution in [1.29, 1.82) is 0 Å². The summed E-state index contributed by atoms with van der Waals surface area (Å²) in [6.07, 6.45) is 4.84. The van der Waals surface area contributed by atoms with E-state index >= 15 is 0 Å². The van der Waals surface area contributed by atoms with Crippen LogP contribution in [0.2, 0.25) is 0 Å². The summed E-state index contributed by atoms with van der Waals surface area (Å²) in [5.41, 5.74) is 2.91. The Labute approximate surface area is 98.5 Å². The first-order chi connectivity index (χ1) is 7.47. The van der Waals surface area contributed by atoms with Crippen LogP contribution in [0.1, 0.15) is 49.3 Å². The molecule has 0 aliphatic heterocycles. The van der Waals surface area contributed by atoms with E-state index in [0.29, 0.717) is 0 Å². The molecule has 0 spiro atoms. The molecule has 0 amide bonds. The highest BCUT2D eigenvalue weighted by molar-refractivity contribution is 5.32. The van der Waals surface area contributed by atoms with E-state index in [4.69, 9.17) is 0 Å². The maximum absolute atomic E-state index is 10.6. The van der Waals surface area contributed by atoms with Crippen molar-refractivity contribution in [1.82, 2.24) is 0 Å². The zero-order chi connectivity index (χ0) is 11.8. The second-order valence-electron chi connectivity index (χ2n) is 5.65. The molecule has 16 heavy (non-hydrogen) atoms. The molecule has 0 aromatic heterocycles. The Hall–Kier alpha value is -0.820. The molecular formula is C15H22O. The molecule has 88 valence electrons. The summed E-state index contributed by atoms with van der Waals surface area (Å²) in [7, 11) is 0. The summed E-state index contributed by atoms with van der Waals surface area (Å²) in [6.45, 7) is 6.14. The fraction of sp³-hybridized carbons (Fsp3) is 0.600. The van der Waals surface area contributed by atoms with Crippen molar-refractivity contribution < 1.29 is 5.11 Å². The van der Waals surface area contributed by atoms with Crippen LogP contribution >= 0.6 is 0 Å². The molecule has 1 aromatic rings. The van der Waals surface area contributed by atoms with E-state index in [2.05, 4.69) is 32.0 Å². The molecule has 1 unspecified atom stereocenters. The molecule has 1 fully saturated rings. The average Bonchev–Trinajstić information content (AvgIpc) is 2.10. The van der Waals surface area contributed by atoms with Gasteiger partial charge in [-0.3, -0.25) is 0 Å². The van der Waals surface area contributed by atoms with Crippen molar-refractivity contribution in [3.63, 3.8) is 0 Å². The molecule has 1 N–H and O–H groups in total. The summed E-state index contributed by atoms with van der Waals surface area (Å²) in [4.78, 5) is 0. The van der Waals surface area contributed by atoms with Gasteiger partial charge in [0.05, 0.1) is 5.60 Å². The number of benzene rings is 1. The van der Waals surface area contributed by atoms with Crippen LogP contribution in [0.5, 0.6) is 0 Å². The van der Waals surface area contributed by atoms with E-state index < -0.39 is 5.60 Å². The molecule has 0 heterocycles. The zero-order valence-corrected chi connectivity index (χ0v) is 10.6. The van der Waals surface area contributed by atoms with Gasteiger partial charge in [-0.05, 0) is 38.7 Å². The Morgan fingerprint density at radius 2 is 1.75 bits per heavy atom. The van der Waals surface area contributed by atoms with Gasteiger partial charge in [0.15, 0.2) is 0 Å². The Kier molecular flexibility index (Phi) is 3.07. The molecule has 1 heteroatoms. The largest absolute Gasteiger partial charge is 0.385 e. The van der Waals surface area contributed by atoms with Crippen LogP contribution < -0.4 is 0 Å². The van der Waals surface area contributed by atoms with Gasteiger partial charge in [-0.25, -0.2) is 0 Å². The van der Waals surface area contributed by atoms with Crippen molar-refractivity contribution in [2.24, 2.45) is 5.92 Å². The highest BCUT2D eigenvalue weighted by Gasteiger charge is 2.30. The van der Waals surface area contributed by atoms with Crippen LogP contribution in [0, 0.1) is 19.8 Å². The molecule has 0 bridgehead atoms. The van der Waals surface area contributed by atoms with Crippen LogP contribution in [-0.2, 0) is 5.60 Å². The van der Waals surface area contributed by atoms with Crippen molar-refractivity contribution in [3.8, 4) is 0 Å². The molecule has 1 aliphatic carbocycles. The number of hydrogen-bond acceptors (Lipinski definition) is 1. The van der Waals surface area contributed by atoms with Gasteiger partial charge in [0, 0.05) is 0 Å². The Balaban J connectivity index is 2.19. The quantitative estimate of drug-likeness (QED) is 0.820. The number of rotatable bonds is 3. The Morgan fingerprint density at radius 3 is 2.19 bits per heavy atom. The molecule has 1 aliphatic rings. The highest BCUT2D eigenvalue weighted by atomic mass is 16.3. The van der Waals surface area contributed by atoms with E-state index in [1.165, 1.54) is 30.4 Å². The van der Waals surface area contributed by atoms with E-state index in [0.717, 1.165) is 17.9 Å². The van der Waals surface area contributed by atoms with E-state index in [9.17, 15) is 5.11 Å². The maximum Gasteiger partial charge on any atom is 0.0871 e. The van der Waals surface area contributed by atoms with Crippen molar-refractivity contribution in [2.75, 3.05) is 0 Å². The smallest absolute Gasteiger partial charge is 0.0871 e. The summed E-state index contributed by atoms with van der Waals surface area (Å²) in [5, 5.41) is 10.6. The summed E-state index contributed by atoms with van der Waals surface area (Å²) >= 11 is 0. The van der Waals surface area contributed by atoms with Gasteiger partial charge < -0.3 is 5.11 Å². The first-order valence-corrected chi connectivity index (χ1v) is 6.28. The van der Waals surface area contributed by atoms with Gasteiger partial charge in [-0.1, -0.05) is 48.6 Å². The third-order valence-corrected chi connectivity index (χ3v) is 3.75. The summed E-state index contributed by atoms with van der Waals surface area (Å²) in [6, 6.07) is 6.39. The molecule has 0 saturated heterocycles. The number of hydrogen-bond donors (Lipinski definition) is 1. The zero-order valence-electron chi connectivity index (χ0n) is 10.6. The first-order valence-electron chi connectivity index (χ1n) is 6.28. The monoisotopic (exact) mass is 218 g/mol. The molecule has 2 rings (SSSR count). The van der Waals surface area contributed by atoms with Crippen molar-refractivity contribution in [2.45, 2.75) is 52.1 Å². The Morgan fingerprint density at radius 1 is 1.19 bits per heavy atom. The van der Waals surface area contributed by atoms with Crippen LogP contribution in [-0.4, -0.2) is 5.11 Å². The standard InChI is InChI=1S/C15H22O/c1-11-7-12(2)9-14(8-11)15(3,16)10-13-5-4-6-13/h7-9,13,16H,4-6,10H2,1-3H3. The fourth-order valence-electron chi connectivity index (χ4n) is 2.66. The van der Waals surface area contributed by atoms with E-state index in [-0.39, 0.29) is 0 Å². The second-order valence-corrected chi connectivity index (χ2v) is 5.65. The lowest BCUT2D eigenvalue weighted by molar-refractivity contribution is 0.0161. The first kappa shape index (κ1) is 11.7. The van der Waals surface area contributed by atoms with Crippen LogP contribution in [0.4, 0.5) is 0 Å². The highest BCUT2D eigenvalue weighted by Crippen LogP contribution is 2.38. The van der Waals surface area contributed by atoms with E-state index in [1.807, 2.05) is 6.92 Å². The molecule has 1 atom stereocenters. The van der Waals surface area contributed by atoms with Gasteiger partial charge in [0.2, 0.25) is 0 Å². The third kappa shape index (κ3) is 2.46. The normalized spacial score (nSPS) is 20.2. The maximum atomic E-state index is 10.6. The van der Waals surface area contributed by atoms with Crippen LogP contribution in [0.3, 0.4) is 0 Å². The van der Waals surface area contributed by atoms with Gasteiger partial charge in [-0.15, -0.1) is 0 Å². The van der Waals surface area contributed by atoms with Crippen molar-refractivity contribution >= 4 is 0 Å². The van der Waals surface area contributed by atoms with Crippen LogP contribution in [0.25, 0.3) is 0 Å². The number of aryl methyl sites for hydroxylation is 2. The number of aliphatic hydroxyl groups is 1. The topological polar surface area (TPSA) is 20.2 Å². The second kappa shape index (κ2) is 4.21. The van der Waals surface area contributed by atoms with Gasteiger partial charge in [0.25, 0.3) is 0 Å². The van der Waals surface area contributed by atoms with Gasteiger partial charge in [0.1, 0.15) is 0 Å². The molecule has 1 nitrogen and oxygen atoms in total. The SMILES string of the molecule is Cc1cc(C)cc(C(C)(O)CC2CCC2)c1. The minimum atomic E-state index is -0.651. The van der Waals surface area contributed by atoms with Crippen molar-refractivity contribution in [3.05, 3.63) is 34.9 Å². The lowest BCUT2D eigenvalue weighted by atomic mass is 9.75. The van der Waals surface area contributed by atoms with E-state index in [1.54, 1.807) is 0 Å². The Bertz CT molecular complexity index is 355. The minimum Gasteiger partial charge on any atom is -0.385 e. The van der Waals surface area contributed by atoms with Gasteiger partial charge >= 0.3 is 0 Å². The molecule has 1 saturated carbocycles. The molecule has 1 aromatic carbocycles. The van der Waals surface area contributed by atoms with Crippen LogP contribution in [0.15, 0.2) is 18.2 Å². The predicted molar refractivity (Wildman–Crippen MR) is 67.4 cm³/mol. The van der Waals surface area contributed by atoms with Gasteiger partial charge in [-0.2, -0.15) is 0 Å². The molecular weight excluding hydrogens is 196 g/mol. The summed E-state index contributed by atoms with van der Waals surface area (Å²) < 4.78 is 0. The molecule has 0 radical (unpaired) electrons. The average molecular weight is 218 g/mol. The third-order valence-electron chi connectivity index (χ3n) is 3.75. The lowest BCUT2D eigenvalue weighted by Crippen LogP contribution is -2.28. The minimum absolute atomic E-state index is 0.651. The predicted octanol–water partition coefficient (Wildman–Crippen LogP) is 3.70.